The summed E-state index contributed by atoms with van der Waals surface area (Å²) in [6.07, 6.45) is 0.753. The summed E-state index contributed by atoms with van der Waals surface area (Å²) in [6, 6.07) is 25.3. The van der Waals surface area contributed by atoms with Crippen molar-refractivity contribution in [2.45, 2.75) is 58.2 Å². The molecule has 1 aliphatic heterocycles. The lowest BCUT2D eigenvalue weighted by Crippen LogP contribution is -2.36. The Kier molecular flexibility index (Phi) is 7.89. The van der Waals surface area contributed by atoms with Gasteiger partial charge in [-0.1, -0.05) is 66.2 Å². The maximum atomic E-state index is 13.8. The molecule has 3 aromatic rings. The molecule has 6 heteroatoms. The number of halogens is 1. The van der Waals surface area contributed by atoms with Crippen molar-refractivity contribution < 1.29 is 19.1 Å². The Bertz CT molecular complexity index is 1420. The van der Waals surface area contributed by atoms with Gasteiger partial charge in [0, 0.05) is 34.3 Å². The lowest BCUT2D eigenvalue weighted by Gasteiger charge is -2.37. The van der Waals surface area contributed by atoms with Crippen LogP contribution in [0.15, 0.2) is 101 Å². The van der Waals surface area contributed by atoms with Crippen molar-refractivity contribution in [2.75, 3.05) is 0 Å². The van der Waals surface area contributed by atoms with Crippen LogP contribution in [-0.4, -0.2) is 17.9 Å². The summed E-state index contributed by atoms with van der Waals surface area (Å²) in [7, 11) is 0. The van der Waals surface area contributed by atoms with E-state index in [-0.39, 0.29) is 17.8 Å². The predicted octanol–water partition coefficient (Wildman–Crippen LogP) is 7.23. The van der Waals surface area contributed by atoms with Crippen LogP contribution in [-0.2, 0) is 20.9 Å². The Balaban J connectivity index is 1.48. The summed E-state index contributed by atoms with van der Waals surface area (Å²) in [5.74, 6) is -0.152. The number of Topliss-reactive ketones (excluding diaryl/α,β-unsaturated/α-hetero) is 1. The molecule has 0 bridgehead atoms. The average molecular weight is 542 g/mol. The van der Waals surface area contributed by atoms with Crippen molar-refractivity contribution in [3.63, 3.8) is 0 Å². The van der Waals surface area contributed by atoms with E-state index in [0.29, 0.717) is 41.3 Å². The second-order valence-corrected chi connectivity index (χ2v) is 10.8. The predicted molar refractivity (Wildman–Crippen MR) is 152 cm³/mol. The molecule has 1 N–H and O–H groups in total. The van der Waals surface area contributed by atoms with Crippen LogP contribution < -0.4 is 10.1 Å². The summed E-state index contributed by atoms with van der Waals surface area (Å²) in [5, 5.41) is 4.07. The third-order valence-corrected chi connectivity index (χ3v) is 7.45. The molecule has 0 saturated carbocycles. The van der Waals surface area contributed by atoms with Crippen molar-refractivity contribution in [1.82, 2.24) is 5.32 Å². The number of ether oxygens (including phenoxy) is 2. The molecule has 200 valence electrons. The molecule has 0 saturated heterocycles. The smallest absolute Gasteiger partial charge is 0.337 e. The molecule has 0 amide bonds. The molecule has 2 aliphatic rings. The van der Waals surface area contributed by atoms with Gasteiger partial charge in [0.2, 0.25) is 0 Å². The lowest BCUT2D eigenvalue weighted by molar-refractivity contribution is -0.143. The van der Waals surface area contributed by atoms with Crippen LogP contribution in [0, 0.1) is 0 Å². The highest BCUT2D eigenvalue weighted by Gasteiger charge is 2.41. The summed E-state index contributed by atoms with van der Waals surface area (Å²) in [6.45, 7) is 5.98. The van der Waals surface area contributed by atoms with E-state index >= 15 is 0 Å². The zero-order valence-corrected chi connectivity index (χ0v) is 23.1. The first-order valence-electron chi connectivity index (χ1n) is 13.3. The number of benzene rings is 3. The number of carbonyl (C=O) groups excluding carboxylic acids is 2. The summed E-state index contributed by atoms with van der Waals surface area (Å²) >= 11 is 6.09. The van der Waals surface area contributed by atoms with Crippen LogP contribution in [0.1, 0.15) is 62.1 Å². The van der Waals surface area contributed by atoms with E-state index in [1.54, 1.807) is 0 Å². The number of ketones is 1. The Hall–Kier alpha value is -3.83. The van der Waals surface area contributed by atoms with Crippen molar-refractivity contribution in [3.05, 3.63) is 123 Å². The Morgan fingerprint density at radius 3 is 2.28 bits per heavy atom. The van der Waals surface area contributed by atoms with Gasteiger partial charge in [-0.25, -0.2) is 4.79 Å². The van der Waals surface area contributed by atoms with Crippen LogP contribution in [0.5, 0.6) is 5.75 Å². The number of carbonyl (C=O) groups is 2. The normalized spacial score (nSPS) is 19.1. The molecule has 1 heterocycles. The first kappa shape index (κ1) is 26.8. The quantitative estimate of drug-likeness (QED) is 0.320. The SMILES string of the molecule is CC1=C(C(=O)OC(C)C)[C@@H](c2ccc(OCc3ccccc3)cc2)C2=C(C[C@H](c3ccc(Cl)cc3)CC2=O)N1. The van der Waals surface area contributed by atoms with Gasteiger partial charge in [-0.15, -0.1) is 0 Å². The first-order chi connectivity index (χ1) is 18.8. The van der Waals surface area contributed by atoms with Crippen LogP contribution in [0.2, 0.25) is 5.02 Å². The highest BCUT2D eigenvalue weighted by molar-refractivity contribution is 6.30. The monoisotopic (exact) mass is 541 g/mol. The van der Waals surface area contributed by atoms with Gasteiger partial charge in [-0.2, -0.15) is 0 Å². The molecule has 1 aliphatic carbocycles. The van der Waals surface area contributed by atoms with Gasteiger partial charge in [-0.3, -0.25) is 4.79 Å². The van der Waals surface area contributed by atoms with E-state index in [4.69, 9.17) is 21.1 Å². The highest BCUT2D eigenvalue weighted by atomic mass is 35.5. The fourth-order valence-electron chi connectivity index (χ4n) is 5.39. The average Bonchev–Trinajstić information content (AvgIpc) is 2.92. The number of rotatable bonds is 7. The molecule has 0 fully saturated rings. The number of hydrogen-bond acceptors (Lipinski definition) is 5. The molecule has 3 aromatic carbocycles. The maximum Gasteiger partial charge on any atom is 0.337 e. The molecule has 39 heavy (non-hydrogen) atoms. The van der Waals surface area contributed by atoms with E-state index < -0.39 is 11.9 Å². The fraction of sp³-hybridized carbons (Fsp3) is 0.273. The van der Waals surface area contributed by atoms with Crippen LogP contribution in [0.25, 0.3) is 0 Å². The van der Waals surface area contributed by atoms with Gasteiger partial charge < -0.3 is 14.8 Å². The summed E-state index contributed by atoms with van der Waals surface area (Å²) in [5.41, 5.74) is 5.68. The number of nitrogens with one attached hydrogen (secondary N) is 1. The minimum atomic E-state index is -0.519. The highest BCUT2D eigenvalue weighted by Crippen LogP contribution is 2.46. The van der Waals surface area contributed by atoms with Gasteiger partial charge in [0.05, 0.1) is 11.7 Å². The van der Waals surface area contributed by atoms with E-state index in [9.17, 15) is 9.59 Å². The standard InChI is InChI=1S/C33H32ClNO4/c1-20(2)39-33(37)30-21(3)35-28-17-25(23-9-13-26(34)14-10-23)18-29(36)32(28)31(30)24-11-15-27(16-12-24)38-19-22-7-5-4-6-8-22/h4-16,20,25,31,35H,17-19H2,1-3H3/t25-,31+/m0/s1. The Morgan fingerprint density at radius 1 is 0.949 bits per heavy atom. The largest absolute Gasteiger partial charge is 0.489 e. The second kappa shape index (κ2) is 11.5. The maximum absolute atomic E-state index is 13.8. The molecule has 5 rings (SSSR count). The molecular weight excluding hydrogens is 510 g/mol. The molecule has 0 aromatic heterocycles. The zero-order valence-electron chi connectivity index (χ0n) is 22.4. The Morgan fingerprint density at radius 2 is 1.62 bits per heavy atom. The molecule has 0 unspecified atom stereocenters. The third kappa shape index (κ3) is 5.94. The molecule has 0 spiro atoms. The second-order valence-electron chi connectivity index (χ2n) is 10.4. The van der Waals surface area contributed by atoms with E-state index in [1.165, 1.54) is 0 Å². The van der Waals surface area contributed by atoms with Gasteiger partial charge in [-0.05, 0) is 74.1 Å². The summed E-state index contributed by atoms with van der Waals surface area (Å²) in [4.78, 5) is 27.1. The van der Waals surface area contributed by atoms with Gasteiger partial charge in [0.1, 0.15) is 12.4 Å². The zero-order chi connectivity index (χ0) is 27.5. The molecular formula is C33H32ClNO4. The van der Waals surface area contributed by atoms with Crippen LogP contribution in [0.4, 0.5) is 0 Å². The number of allylic oxidation sites excluding steroid dienone is 3. The van der Waals surface area contributed by atoms with Crippen LogP contribution in [0.3, 0.4) is 0 Å². The first-order valence-corrected chi connectivity index (χ1v) is 13.6. The minimum absolute atomic E-state index is 0.0282. The van der Waals surface area contributed by atoms with Gasteiger partial charge in [0.15, 0.2) is 5.78 Å². The van der Waals surface area contributed by atoms with Crippen molar-refractivity contribution in [1.29, 1.82) is 0 Å². The van der Waals surface area contributed by atoms with Crippen molar-refractivity contribution in [3.8, 4) is 5.75 Å². The number of dihydropyridines is 1. The minimum Gasteiger partial charge on any atom is -0.489 e. The van der Waals surface area contributed by atoms with E-state index in [2.05, 4.69) is 5.32 Å². The van der Waals surface area contributed by atoms with Crippen molar-refractivity contribution >= 4 is 23.4 Å². The lowest BCUT2D eigenvalue weighted by atomic mass is 9.71. The van der Waals surface area contributed by atoms with E-state index in [1.807, 2.05) is 99.6 Å². The molecule has 0 radical (unpaired) electrons. The number of hydrogen-bond donors (Lipinski definition) is 1. The van der Waals surface area contributed by atoms with Gasteiger partial charge >= 0.3 is 5.97 Å². The molecule has 5 nitrogen and oxygen atoms in total. The van der Waals surface area contributed by atoms with E-state index in [0.717, 1.165) is 28.1 Å². The Labute approximate surface area is 234 Å². The van der Waals surface area contributed by atoms with Crippen LogP contribution >= 0.6 is 11.6 Å². The summed E-state index contributed by atoms with van der Waals surface area (Å²) < 4.78 is 11.6. The fourth-order valence-corrected chi connectivity index (χ4v) is 5.51. The topological polar surface area (TPSA) is 64.6 Å². The molecule has 2 atom stereocenters. The third-order valence-electron chi connectivity index (χ3n) is 7.19. The number of esters is 1. The van der Waals surface area contributed by atoms with Crippen molar-refractivity contribution in [2.24, 2.45) is 0 Å². The van der Waals surface area contributed by atoms with Gasteiger partial charge in [0.25, 0.3) is 0 Å².